The van der Waals surface area contributed by atoms with E-state index in [0.29, 0.717) is 18.5 Å². The van der Waals surface area contributed by atoms with E-state index in [1.165, 1.54) is 16.8 Å². The molecule has 0 aliphatic carbocycles. The van der Waals surface area contributed by atoms with Crippen LogP contribution in [0.5, 0.6) is 0 Å². The Balaban J connectivity index is 2.52. The molecule has 2 rings (SSSR count). The minimum Gasteiger partial charge on any atom is -0.477 e. The van der Waals surface area contributed by atoms with Crippen LogP contribution >= 0.6 is 0 Å². The summed E-state index contributed by atoms with van der Waals surface area (Å²) in [5.41, 5.74) is -0.141. The normalized spacial score (nSPS) is 10.6. The molecule has 7 nitrogen and oxygen atoms in total. The Morgan fingerprint density at radius 2 is 2.19 bits per heavy atom. The lowest BCUT2D eigenvalue weighted by Gasteiger charge is -2.01. The predicted molar refractivity (Wildman–Crippen MR) is 71.5 cm³/mol. The lowest BCUT2D eigenvalue weighted by molar-refractivity contribution is -0.387. The number of aryl methyl sites for hydroxylation is 1. The molecule has 0 atom stereocenters. The number of carboxylic acid groups (broad SMARTS) is 1. The Labute approximate surface area is 118 Å². The van der Waals surface area contributed by atoms with Crippen molar-refractivity contribution in [2.24, 2.45) is 0 Å². The molecule has 0 amide bonds. The Kier molecular flexibility index (Phi) is 3.97. The summed E-state index contributed by atoms with van der Waals surface area (Å²) in [6.45, 7) is 2.28. The van der Waals surface area contributed by atoms with Crippen LogP contribution in [0.25, 0.3) is 11.3 Å². The van der Waals surface area contributed by atoms with Crippen molar-refractivity contribution in [2.45, 2.75) is 19.9 Å². The van der Waals surface area contributed by atoms with Gasteiger partial charge in [-0.3, -0.25) is 14.8 Å². The Bertz CT molecular complexity index is 711. The highest BCUT2D eigenvalue weighted by Crippen LogP contribution is 2.26. The van der Waals surface area contributed by atoms with Crippen molar-refractivity contribution >= 4 is 11.7 Å². The molecular formula is C13H12FN3O4. The first kappa shape index (κ1) is 14.6. The van der Waals surface area contributed by atoms with Gasteiger partial charge in [-0.2, -0.15) is 9.49 Å². The standard InChI is InChI=1S/C13H12FN3O4/c1-2-5-16-12(13(18)19)7-10(15-16)8-3-4-9(14)11(6-8)17(20)21/h3-4,6-7H,2,5H2,1H3,(H,18,19). The minimum absolute atomic E-state index is 0.0150. The van der Waals surface area contributed by atoms with Crippen molar-refractivity contribution in [1.82, 2.24) is 9.78 Å². The molecule has 2 aromatic rings. The van der Waals surface area contributed by atoms with Gasteiger partial charge in [0.25, 0.3) is 0 Å². The van der Waals surface area contributed by atoms with E-state index >= 15 is 0 Å². The van der Waals surface area contributed by atoms with Crippen molar-refractivity contribution in [3.63, 3.8) is 0 Å². The number of rotatable bonds is 5. The molecule has 1 aromatic carbocycles. The molecule has 21 heavy (non-hydrogen) atoms. The summed E-state index contributed by atoms with van der Waals surface area (Å²) in [4.78, 5) is 21.0. The van der Waals surface area contributed by atoms with Crippen LogP contribution < -0.4 is 0 Å². The molecule has 110 valence electrons. The first-order valence-electron chi connectivity index (χ1n) is 6.19. The average Bonchev–Trinajstić information content (AvgIpc) is 2.83. The second-order valence-electron chi connectivity index (χ2n) is 4.37. The molecule has 1 aromatic heterocycles. The summed E-state index contributed by atoms with van der Waals surface area (Å²) in [5, 5.41) is 24.0. The monoisotopic (exact) mass is 293 g/mol. The van der Waals surface area contributed by atoms with Crippen LogP contribution in [0.4, 0.5) is 10.1 Å². The molecule has 0 saturated heterocycles. The van der Waals surface area contributed by atoms with Crippen LogP contribution in [0.1, 0.15) is 23.8 Å². The molecule has 0 saturated carbocycles. The SMILES string of the molecule is CCCn1nc(-c2ccc(F)c([N+](=O)[O-])c2)cc1C(=O)O. The number of halogens is 1. The number of nitro groups is 1. The highest BCUT2D eigenvalue weighted by atomic mass is 19.1. The molecule has 0 unspecified atom stereocenters. The summed E-state index contributed by atoms with van der Waals surface area (Å²) in [7, 11) is 0. The van der Waals surface area contributed by atoms with Crippen LogP contribution in [0.15, 0.2) is 24.3 Å². The largest absolute Gasteiger partial charge is 0.477 e. The van der Waals surface area contributed by atoms with Gasteiger partial charge in [-0.05, 0) is 24.6 Å². The number of aromatic carboxylic acids is 1. The minimum atomic E-state index is -1.14. The second kappa shape index (κ2) is 5.70. The van der Waals surface area contributed by atoms with E-state index in [9.17, 15) is 19.3 Å². The maximum atomic E-state index is 13.3. The predicted octanol–water partition coefficient (Wildman–Crippen LogP) is 2.71. The van der Waals surface area contributed by atoms with Crippen molar-refractivity contribution in [1.29, 1.82) is 0 Å². The molecular weight excluding hydrogens is 281 g/mol. The van der Waals surface area contributed by atoms with Gasteiger partial charge in [0.15, 0.2) is 0 Å². The fourth-order valence-corrected chi connectivity index (χ4v) is 1.92. The van der Waals surface area contributed by atoms with Crippen molar-refractivity contribution in [2.75, 3.05) is 0 Å². The van der Waals surface area contributed by atoms with Crippen LogP contribution in [0, 0.1) is 15.9 Å². The molecule has 1 heterocycles. The van der Waals surface area contributed by atoms with Gasteiger partial charge in [0, 0.05) is 18.2 Å². The zero-order valence-corrected chi connectivity index (χ0v) is 11.1. The Hall–Kier alpha value is -2.77. The molecule has 0 aliphatic heterocycles. The third-order valence-corrected chi connectivity index (χ3v) is 2.87. The second-order valence-corrected chi connectivity index (χ2v) is 4.37. The molecule has 0 radical (unpaired) electrons. The lowest BCUT2D eigenvalue weighted by atomic mass is 10.1. The highest BCUT2D eigenvalue weighted by molar-refractivity contribution is 5.87. The van der Waals surface area contributed by atoms with Crippen LogP contribution in [0.3, 0.4) is 0 Å². The number of carboxylic acids is 1. The zero-order valence-electron chi connectivity index (χ0n) is 11.1. The third kappa shape index (κ3) is 2.88. The maximum Gasteiger partial charge on any atom is 0.354 e. The summed E-state index contributed by atoms with van der Waals surface area (Å²) >= 11 is 0. The van der Waals surface area contributed by atoms with E-state index in [2.05, 4.69) is 5.10 Å². The lowest BCUT2D eigenvalue weighted by Crippen LogP contribution is -2.09. The van der Waals surface area contributed by atoms with Gasteiger partial charge < -0.3 is 5.11 Å². The van der Waals surface area contributed by atoms with Crippen molar-refractivity contribution in [3.05, 3.63) is 45.9 Å². The van der Waals surface area contributed by atoms with Gasteiger partial charge >= 0.3 is 11.7 Å². The number of aromatic nitrogens is 2. The zero-order chi connectivity index (χ0) is 15.6. The van der Waals surface area contributed by atoms with E-state index in [1.54, 1.807) is 0 Å². The molecule has 0 fully saturated rings. The van der Waals surface area contributed by atoms with Gasteiger partial charge in [-0.1, -0.05) is 6.92 Å². The third-order valence-electron chi connectivity index (χ3n) is 2.87. The molecule has 0 spiro atoms. The fourth-order valence-electron chi connectivity index (χ4n) is 1.92. The Morgan fingerprint density at radius 3 is 2.76 bits per heavy atom. The highest BCUT2D eigenvalue weighted by Gasteiger charge is 2.19. The Morgan fingerprint density at radius 1 is 1.48 bits per heavy atom. The first-order valence-corrected chi connectivity index (χ1v) is 6.19. The summed E-state index contributed by atoms with van der Waals surface area (Å²) in [6, 6.07) is 4.65. The number of nitrogens with zero attached hydrogens (tertiary/aromatic N) is 3. The van der Waals surface area contributed by atoms with E-state index in [1.807, 2.05) is 6.92 Å². The number of nitro benzene ring substituents is 1. The van der Waals surface area contributed by atoms with Crippen LogP contribution in [0.2, 0.25) is 0 Å². The summed E-state index contributed by atoms with van der Waals surface area (Å²) in [6.07, 6.45) is 0.685. The van der Waals surface area contributed by atoms with E-state index in [0.717, 1.165) is 12.1 Å². The van der Waals surface area contributed by atoms with Crippen LogP contribution in [-0.4, -0.2) is 25.8 Å². The number of hydrogen-bond acceptors (Lipinski definition) is 4. The summed E-state index contributed by atoms with van der Waals surface area (Å²) < 4.78 is 14.6. The summed E-state index contributed by atoms with van der Waals surface area (Å²) in [5.74, 6) is -2.09. The van der Waals surface area contributed by atoms with Crippen molar-refractivity contribution in [3.8, 4) is 11.3 Å². The first-order chi connectivity index (χ1) is 9.93. The van der Waals surface area contributed by atoms with Crippen LogP contribution in [-0.2, 0) is 6.54 Å². The van der Waals surface area contributed by atoms with E-state index < -0.39 is 22.4 Å². The van der Waals surface area contributed by atoms with Gasteiger partial charge in [0.2, 0.25) is 5.82 Å². The van der Waals surface area contributed by atoms with Crippen molar-refractivity contribution < 1.29 is 19.2 Å². The number of benzene rings is 1. The quantitative estimate of drug-likeness (QED) is 0.675. The van der Waals surface area contributed by atoms with E-state index in [4.69, 9.17) is 5.11 Å². The molecule has 0 aliphatic rings. The van der Waals surface area contributed by atoms with E-state index in [-0.39, 0.29) is 11.4 Å². The fraction of sp³-hybridized carbons (Fsp3) is 0.231. The molecule has 0 bridgehead atoms. The topological polar surface area (TPSA) is 98.3 Å². The van der Waals surface area contributed by atoms with Gasteiger partial charge in [-0.25, -0.2) is 4.79 Å². The molecule has 1 N–H and O–H groups in total. The van der Waals surface area contributed by atoms with Gasteiger partial charge in [0.05, 0.1) is 10.6 Å². The van der Waals surface area contributed by atoms with Gasteiger partial charge in [0.1, 0.15) is 5.69 Å². The maximum absolute atomic E-state index is 13.3. The smallest absolute Gasteiger partial charge is 0.354 e. The van der Waals surface area contributed by atoms with Gasteiger partial charge in [-0.15, -0.1) is 0 Å². The molecule has 8 heteroatoms. The average molecular weight is 293 g/mol. The number of carbonyl (C=O) groups is 1. The number of hydrogen-bond donors (Lipinski definition) is 1.